The molecule has 0 saturated carbocycles. The van der Waals surface area contributed by atoms with Crippen LogP contribution in [0.2, 0.25) is 0 Å². The summed E-state index contributed by atoms with van der Waals surface area (Å²) in [5.41, 5.74) is 0.678. The van der Waals surface area contributed by atoms with Gasteiger partial charge in [0.1, 0.15) is 17.6 Å². The normalized spacial score (nSPS) is 10.6. The summed E-state index contributed by atoms with van der Waals surface area (Å²) in [5, 5.41) is 0. The lowest BCUT2D eigenvalue weighted by molar-refractivity contribution is -0.143. The van der Waals surface area contributed by atoms with Crippen molar-refractivity contribution < 1.29 is 23.1 Å². The van der Waals surface area contributed by atoms with E-state index in [1.54, 1.807) is 48.5 Å². The van der Waals surface area contributed by atoms with Crippen molar-refractivity contribution in [1.82, 2.24) is 0 Å². The van der Waals surface area contributed by atoms with Crippen molar-refractivity contribution in [2.45, 2.75) is 5.92 Å². The SMILES string of the molecule is O=C(COC(=O)C(c1ccccc1)c1ccccc1)c1c(F)cccc1F. The van der Waals surface area contributed by atoms with E-state index >= 15 is 0 Å². The van der Waals surface area contributed by atoms with Gasteiger partial charge in [0.05, 0.1) is 5.56 Å². The number of carbonyl (C=O) groups excluding carboxylic acids is 2. The van der Waals surface area contributed by atoms with E-state index in [-0.39, 0.29) is 0 Å². The summed E-state index contributed by atoms with van der Waals surface area (Å²) < 4.78 is 32.5. The molecule has 0 aliphatic rings. The minimum absolute atomic E-state index is 0.669. The fourth-order valence-electron chi connectivity index (χ4n) is 2.81. The van der Waals surface area contributed by atoms with Crippen LogP contribution >= 0.6 is 0 Å². The molecule has 0 saturated heterocycles. The predicted octanol–water partition coefficient (Wildman–Crippen LogP) is 4.52. The Morgan fingerprint density at radius 3 is 1.70 bits per heavy atom. The second-order valence-electron chi connectivity index (χ2n) is 5.88. The van der Waals surface area contributed by atoms with Gasteiger partial charge in [-0.25, -0.2) is 8.78 Å². The molecule has 0 aromatic heterocycles. The summed E-state index contributed by atoms with van der Waals surface area (Å²) in [7, 11) is 0. The maximum Gasteiger partial charge on any atom is 0.318 e. The van der Waals surface area contributed by atoms with E-state index in [9.17, 15) is 18.4 Å². The molecule has 0 N–H and O–H groups in total. The molecule has 0 amide bonds. The molecule has 0 aliphatic carbocycles. The summed E-state index contributed by atoms with van der Waals surface area (Å²) in [6.45, 7) is -0.743. The van der Waals surface area contributed by atoms with Gasteiger partial charge in [-0.2, -0.15) is 0 Å². The van der Waals surface area contributed by atoms with Gasteiger partial charge in [0.25, 0.3) is 0 Å². The summed E-state index contributed by atoms with van der Waals surface area (Å²) in [6.07, 6.45) is 0. The molecule has 0 atom stereocenters. The summed E-state index contributed by atoms with van der Waals surface area (Å²) >= 11 is 0. The Labute approximate surface area is 155 Å². The number of hydrogen-bond acceptors (Lipinski definition) is 3. The molecule has 3 aromatic rings. The molecule has 0 bridgehead atoms. The van der Waals surface area contributed by atoms with E-state index in [1.165, 1.54) is 0 Å². The number of ether oxygens (including phenoxy) is 1. The van der Waals surface area contributed by atoms with Crippen LogP contribution in [0.1, 0.15) is 27.4 Å². The lowest BCUT2D eigenvalue weighted by atomic mass is 9.91. The lowest BCUT2D eigenvalue weighted by Gasteiger charge is -2.17. The predicted molar refractivity (Wildman–Crippen MR) is 96.4 cm³/mol. The fraction of sp³-hybridized carbons (Fsp3) is 0.0909. The van der Waals surface area contributed by atoms with Gasteiger partial charge in [-0.15, -0.1) is 0 Å². The number of hydrogen-bond donors (Lipinski definition) is 0. The molecule has 3 nitrogen and oxygen atoms in total. The average Bonchev–Trinajstić information content (AvgIpc) is 2.68. The number of esters is 1. The first-order valence-corrected chi connectivity index (χ1v) is 8.31. The third-order valence-corrected chi connectivity index (χ3v) is 4.09. The number of benzene rings is 3. The molecule has 27 heavy (non-hydrogen) atoms. The minimum atomic E-state index is -0.987. The largest absolute Gasteiger partial charge is 0.457 e. The van der Waals surface area contributed by atoms with Crippen molar-refractivity contribution in [3.8, 4) is 0 Å². The van der Waals surface area contributed by atoms with Crippen LogP contribution in [0, 0.1) is 11.6 Å². The molecule has 136 valence electrons. The third kappa shape index (κ3) is 4.26. The molecular formula is C22H16F2O3. The molecule has 0 radical (unpaired) electrons. The smallest absolute Gasteiger partial charge is 0.318 e. The highest BCUT2D eigenvalue weighted by atomic mass is 19.1. The third-order valence-electron chi connectivity index (χ3n) is 4.09. The van der Waals surface area contributed by atoms with Gasteiger partial charge in [0, 0.05) is 0 Å². The van der Waals surface area contributed by atoms with Crippen LogP contribution in [0.25, 0.3) is 0 Å². The Morgan fingerprint density at radius 2 is 1.22 bits per heavy atom. The van der Waals surface area contributed by atoms with Crippen molar-refractivity contribution in [2.24, 2.45) is 0 Å². The number of rotatable bonds is 6. The van der Waals surface area contributed by atoms with Gasteiger partial charge in [0.15, 0.2) is 6.61 Å². The maximum absolute atomic E-state index is 13.7. The summed E-state index contributed by atoms with van der Waals surface area (Å²) in [5.74, 6) is -4.32. The first-order valence-electron chi connectivity index (χ1n) is 8.31. The minimum Gasteiger partial charge on any atom is -0.457 e. The first-order chi connectivity index (χ1) is 13.1. The Balaban J connectivity index is 1.80. The van der Waals surface area contributed by atoms with E-state index in [2.05, 4.69) is 0 Å². The molecule has 0 unspecified atom stereocenters. The number of halogens is 2. The van der Waals surface area contributed by atoms with E-state index < -0.39 is 41.5 Å². The number of carbonyl (C=O) groups is 2. The molecule has 3 rings (SSSR count). The first kappa shape index (κ1) is 18.5. The van der Waals surface area contributed by atoms with Crippen LogP contribution in [0.5, 0.6) is 0 Å². The zero-order valence-corrected chi connectivity index (χ0v) is 14.3. The monoisotopic (exact) mass is 366 g/mol. The van der Waals surface area contributed by atoms with Crippen LogP contribution in [-0.2, 0) is 9.53 Å². The summed E-state index contributed by atoms with van der Waals surface area (Å²) in [4.78, 5) is 24.8. The van der Waals surface area contributed by atoms with Crippen LogP contribution in [-0.4, -0.2) is 18.4 Å². The highest BCUT2D eigenvalue weighted by Crippen LogP contribution is 2.26. The molecule has 0 spiro atoms. The molecule has 0 aliphatic heterocycles. The van der Waals surface area contributed by atoms with Gasteiger partial charge >= 0.3 is 5.97 Å². The van der Waals surface area contributed by atoms with Crippen LogP contribution in [0.3, 0.4) is 0 Å². The zero-order chi connectivity index (χ0) is 19.2. The Hall–Kier alpha value is -3.34. The Bertz CT molecular complexity index is 881. The standard InChI is InChI=1S/C22H16F2O3/c23-17-12-7-13-18(24)21(17)19(25)14-27-22(26)20(15-8-3-1-4-9-15)16-10-5-2-6-11-16/h1-13,20H,14H2. The van der Waals surface area contributed by atoms with Gasteiger partial charge in [-0.3, -0.25) is 9.59 Å². The molecular weight excluding hydrogens is 350 g/mol. The average molecular weight is 366 g/mol. The Morgan fingerprint density at radius 1 is 0.741 bits per heavy atom. The molecule has 3 aromatic carbocycles. The zero-order valence-electron chi connectivity index (χ0n) is 14.3. The maximum atomic E-state index is 13.7. The van der Waals surface area contributed by atoms with Crippen LogP contribution in [0.4, 0.5) is 8.78 Å². The van der Waals surface area contributed by atoms with Crippen molar-refractivity contribution in [3.63, 3.8) is 0 Å². The van der Waals surface area contributed by atoms with Gasteiger partial charge < -0.3 is 4.74 Å². The fourth-order valence-corrected chi connectivity index (χ4v) is 2.81. The molecule has 0 heterocycles. The van der Waals surface area contributed by atoms with Crippen molar-refractivity contribution in [1.29, 1.82) is 0 Å². The highest BCUT2D eigenvalue weighted by molar-refractivity contribution is 5.98. The highest BCUT2D eigenvalue weighted by Gasteiger charge is 2.26. The second kappa shape index (κ2) is 8.36. The van der Waals surface area contributed by atoms with E-state index in [4.69, 9.17) is 4.74 Å². The number of ketones is 1. The molecule has 5 heteroatoms. The van der Waals surface area contributed by atoms with Gasteiger partial charge in [-0.05, 0) is 23.3 Å². The van der Waals surface area contributed by atoms with Crippen molar-refractivity contribution in [2.75, 3.05) is 6.61 Å². The Kier molecular flexibility index (Phi) is 5.71. The van der Waals surface area contributed by atoms with Crippen LogP contribution < -0.4 is 0 Å². The van der Waals surface area contributed by atoms with Gasteiger partial charge in [0.2, 0.25) is 5.78 Å². The van der Waals surface area contributed by atoms with Crippen LogP contribution in [0.15, 0.2) is 78.9 Å². The summed E-state index contributed by atoms with van der Waals surface area (Å²) in [6, 6.07) is 21.0. The van der Waals surface area contributed by atoms with Crippen molar-refractivity contribution in [3.05, 3.63) is 107 Å². The number of Topliss-reactive ketones (excluding diaryl/α,β-unsaturated/α-hetero) is 1. The van der Waals surface area contributed by atoms with Gasteiger partial charge in [-0.1, -0.05) is 66.7 Å². The quantitative estimate of drug-likeness (QED) is 0.476. The van der Waals surface area contributed by atoms with E-state index in [0.29, 0.717) is 11.1 Å². The van der Waals surface area contributed by atoms with E-state index in [1.807, 2.05) is 12.1 Å². The second-order valence-corrected chi connectivity index (χ2v) is 5.88. The van der Waals surface area contributed by atoms with E-state index in [0.717, 1.165) is 18.2 Å². The lowest BCUT2D eigenvalue weighted by Crippen LogP contribution is -2.22. The molecule has 0 fully saturated rings. The topological polar surface area (TPSA) is 43.4 Å². The van der Waals surface area contributed by atoms with Crippen molar-refractivity contribution >= 4 is 11.8 Å².